The topological polar surface area (TPSA) is 21.3 Å². The molecule has 0 amide bonds. The molecule has 2 rings (SSSR count). The van der Waals surface area contributed by atoms with Gasteiger partial charge in [-0.15, -0.1) is 0 Å². The maximum absolute atomic E-state index is 6.03. The number of hydrogen-bond acceptors (Lipinski definition) is 2. The lowest BCUT2D eigenvalue weighted by Gasteiger charge is -2.28. The maximum Gasteiger partial charge on any atom is 0.0577 e. The molecule has 0 spiro atoms. The third kappa shape index (κ3) is 5.64. The van der Waals surface area contributed by atoms with Crippen LogP contribution in [0.3, 0.4) is 0 Å². The fourth-order valence-corrected chi connectivity index (χ4v) is 3.04. The second kappa shape index (κ2) is 9.15. The van der Waals surface area contributed by atoms with Crippen LogP contribution in [0.5, 0.6) is 0 Å². The predicted octanol–water partition coefficient (Wildman–Crippen LogP) is 4.15. The second-order valence-corrected chi connectivity index (χ2v) is 5.95. The van der Waals surface area contributed by atoms with Crippen LogP contribution >= 0.6 is 0 Å². The largest absolute Gasteiger partial charge is 0.378 e. The zero-order valence-electron chi connectivity index (χ0n) is 12.8. The Balaban J connectivity index is 1.49. The second-order valence-electron chi connectivity index (χ2n) is 5.95. The van der Waals surface area contributed by atoms with E-state index in [4.69, 9.17) is 4.74 Å². The van der Waals surface area contributed by atoms with Gasteiger partial charge in [0.2, 0.25) is 0 Å². The van der Waals surface area contributed by atoms with Crippen molar-refractivity contribution in [1.29, 1.82) is 0 Å². The van der Waals surface area contributed by atoms with Crippen LogP contribution in [0.4, 0.5) is 0 Å². The fraction of sp³-hybridized carbons (Fsp3) is 0.667. The van der Waals surface area contributed by atoms with Crippen LogP contribution < -0.4 is 5.32 Å². The van der Waals surface area contributed by atoms with E-state index in [1.165, 1.54) is 37.7 Å². The summed E-state index contributed by atoms with van der Waals surface area (Å²) in [6.45, 7) is 5.21. The van der Waals surface area contributed by atoms with Crippen LogP contribution in [0, 0.1) is 5.92 Å². The van der Waals surface area contributed by atoms with Gasteiger partial charge in [0.05, 0.1) is 6.10 Å². The number of rotatable bonds is 8. The van der Waals surface area contributed by atoms with E-state index in [1.807, 2.05) is 0 Å². The first kappa shape index (κ1) is 15.5. The van der Waals surface area contributed by atoms with Gasteiger partial charge in [-0.05, 0) is 37.3 Å². The van der Waals surface area contributed by atoms with Crippen molar-refractivity contribution in [3.8, 4) is 0 Å². The third-order valence-electron chi connectivity index (χ3n) is 4.34. The van der Waals surface area contributed by atoms with Crippen molar-refractivity contribution in [3.63, 3.8) is 0 Å². The number of nitrogens with one attached hydrogen (secondary N) is 1. The van der Waals surface area contributed by atoms with Crippen LogP contribution in [0.25, 0.3) is 0 Å². The van der Waals surface area contributed by atoms with Crippen LogP contribution in [0.2, 0.25) is 0 Å². The SMILES string of the molecule is CCC1CCCC(OCCCNCc2ccccc2)C1. The normalized spacial score (nSPS) is 22.9. The standard InChI is InChI=1S/C18H29NO/c1-2-16-10-6-11-18(14-16)20-13-7-12-19-15-17-8-4-3-5-9-17/h3-5,8-9,16,18-19H,2,6-7,10-15H2,1H3. The van der Waals surface area contributed by atoms with E-state index in [0.29, 0.717) is 6.10 Å². The van der Waals surface area contributed by atoms with Crippen molar-refractivity contribution < 1.29 is 4.74 Å². The van der Waals surface area contributed by atoms with Gasteiger partial charge in [-0.25, -0.2) is 0 Å². The smallest absolute Gasteiger partial charge is 0.0577 e. The molecule has 1 N–H and O–H groups in total. The minimum Gasteiger partial charge on any atom is -0.378 e. The molecular formula is C18H29NO. The van der Waals surface area contributed by atoms with Crippen molar-refractivity contribution in [2.24, 2.45) is 5.92 Å². The lowest BCUT2D eigenvalue weighted by molar-refractivity contribution is 0.0115. The molecule has 1 aliphatic rings. The summed E-state index contributed by atoms with van der Waals surface area (Å²) in [4.78, 5) is 0. The average Bonchev–Trinajstić information content (AvgIpc) is 2.52. The third-order valence-corrected chi connectivity index (χ3v) is 4.34. The molecule has 2 unspecified atom stereocenters. The average molecular weight is 275 g/mol. The quantitative estimate of drug-likeness (QED) is 0.720. The van der Waals surface area contributed by atoms with E-state index in [2.05, 4.69) is 42.6 Å². The monoisotopic (exact) mass is 275 g/mol. The van der Waals surface area contributed by atoms with Gasteiger partial charge < -0.3 is 10.1 Å². The number of hydrogen-bond donors (Lipinski definition) is 1. The van der Waals surface area contributed by atoms with E-state index < -0.39 is 0 Å². The number of ether oxygens (including phenoxy) is 1. The summed E-state index contributed by atoms with van der Waals surface area (Å²) in [6, 6.07) is 10.6. The molecule has 0 radical (unpaired) electrons. The Morgan fingerprint density at radius 3 is 2.85 bits per heavy atom. The summed E-state index contributed by atoms with van der Waals surface area (Å²) in [5.74, 6) is 0.907. The molecule has 0 bridgehead atoms. The molecular weight excluding hydrogens is 246 g/mol. The summed E-state index contributed by atoms with van der Waals surface area (Å²) in [7, 11) is 0. The highest BCUT2D eigenvalue weighted by molar-refractivity contribution is 5.14. The van der Waals surface area contributed by atoms with E-state index >= 15 is 0 Å². The lowest BCUT2D eigenvalue weighted by Crippen LogP contribution is -2.24. The van der Waals surface area contributed by atoms with Crippen LogP contribution in [0.1, 0.15) is 51.0 Å². The minimum absolute atomic E-state index is 0.530. The molecule has 20 heavy (non-hydrogen) atoms. The first-order chi connectivity index (χ1) is 9.88. The van der Waals surface area contributed by atoms with Gasteiger partial charge in [-0.1, -0.05) is 56.5 Å². The zero-order valence-corrected chi connectivity index (χ0v) is 12.8. The highest BCUT2D eigenvalue weighted by Crippen LogP contribution is 2.28. The number of benzene rings is 1. The summed E-state index contributed by atoms with van der Waals surface area (Å²) >= 11 is 0. The van der Waals surface area contributed by atoms with Gasteiger partial charge in [0.15, 0.2) is 0 Å². The van der Waals surface area contributed by atoms with Gasteiger partial charge >= 0.3 is 0 Å². The van der Waals surface area contributed by atoms with Crippen molar-refractivity contribution in [2.45, 2.75) is 58.1 Å². The minimum atomic E-state index is 0.530. The first-order valence-corrected chi connectivity index (χ1v) is 8.24. The summed E-state index contributed by atoms with van der Waals surface area (Å²) in [6.07, 6.45) is 8.29. The van der Waals surface area contributed by atoms with Crippen LogP contribution in [-0.4, -0.2) is 19.3 Å². The lowest BCUT2D eigenvalue weighted by atomic mass is 9.85. The maximum atomic E-state index is 6.03. The van der Waals surface area contributed by atoms with Crippen LogP contribution in [0.15, 0.2) is 30.3 Å². The Morgan fingerprint density at radius 2 is 2.05 bits per heavy atom. The van der Waals surface area contributed by atoms with E-state index in [0.717, 1.165) is 32.0 Å². The molecule has 1 aliphatic carbocycles. The molecule has 0 aromatic heterocycles. The zero-order chi connectivity index (χ0) is 14.0. The fourth-order valence-electron chi connectivity index (χ4n) is 3.04. The van der Waals surface area contributed by atoms with Gasteiger partial charge in [-0.2, -0.15) is 0 Å². The molecule has 2 nitrogen and oxygen atoms in total. The Hall–Kier alpha value is -0.860. The molecule has 1 fully saturated rings. The van der Waals surface area contributed by atoms with Gasteiger partial charge in [0.1, 0.15) is 0 Å². The van der Waals surface area contributed by atoms with E-state index in [9.17, 15) is 0 Å². The van der Waals surface area contributed by atoms with Gasteiger partial charge in [-0.3, -0.25) is 0 Å². The van der Waals surface area contributed by atoms with Crippen molar-refractivity contribution in [1.82, 2.24) is 5.32 Å². The molecule has 1 saturated carbocycles. The molecule has 1 aromatic rings. The summed E-state index contributed by atoms with van der Waals surface area (Å²) < 4.78 is 6.03. The van der Waals surface area contributed by atoms with E-state index in [1.54, 1.807) is 0 Å². The molecule has 2 heteroatoms. The predicted molar refractivity (Wildman–Crippen MR) is 84.8 cm³/mol. The first-order valence-electron chi connectivity index (χ1n) is 8.24. The highest BCUT2D eigenvalue weighted by Gasteiger charge is 2.20. The van der Waals surface area contributed by atoms with Crippen molar-refractivity contribution in [2.75, 3.05) is 13.2 Å². The molecule has 0 heterocycles. The summed E-state index contributed by atoms with van der Waals surface area (Å²) in [5, 5.41) is 3.48. The Kier molecular flexibility index (Phi) is 7.10. The Morgan fingerprint density at radius 1 is 1.20 bits per heavy atom. The molecule has 1 aromatic carbocycles. The highest BCUT2D eigenvalue weighted by atomic mass is 16.5. The van der Waals surface area contributed by atoms with Crippen molar-refractivity contribution in [3.05, 3.63) is 35.9 Å². The summed E-state index contributed by atoms with van der Waals surface area (Å²) in [5.41, 5.74) is 1.35. The Bertz CT molecular complexity index is 352. The van der Waals surface area contributed by atoms with Crippen LogP contribution in [-0.2, 0) is 11.3 Å². The molecule has 0 aliphatic heterocycles. The van der Waals surface area contributed by atoms with Gasteiger partial charge in [0, 0.05) is 13.2 Å². The van der Waals surface area contributed by atoms with E-state index in [-0.39, 0.29) is 0 Å². The van der Waals surface area contributed by atoms with Gasteiger partial charge in [0.25, 0.3) is 0 Å². The molecule has 0 saturated heterocycles. The molecule has 112 valence electrons. The van der Waals surface area contributed by atoms with Crippen molar-refractivity contribution >= 4 is 0 Å². The Labute approximate surface area is 123 Å². The molecule has 2 atom stereocenters.